The fourth-order valence-electron chi connectivity index (χ4n) is 0.866. The molecule has 0 nitrogen and oxygen atoms in total. The van der Waals surface area contributed by atoms with Gasteiger partial charge < -0.3 is 0 Å². The van der Waals surface area contributed by atoms with E-state index in [4.69, 9.17) is 46.4 Å². The highest BCUT2D eigenvalue weighted by molar-refractivity contribution is 6.67. The molecule has 0 aliphatic heterocycles. The van der Waals surface area contributed by atoms with E-state index >= 15 is 0 Å². The molecule has 1 aromatic carbocycles. The van der Waals surface area contributed by atoms with Gasteiger partial charge in [-0.2, -0.15) is 0 Å². The Hall–Kier alpha value is 0.380. The molecule has 66 valence electrons. The van der Waals surface area contributed by atoms with Gasteiger partial charge in [0.05, 0.1) is 5.02 Å². The minimum atomic E-state index is -1.44. The molecule has 1 aromatic rings. The van der Waals surface area contributed by atoms with Crippen LogP contribution in [-0.4, -0.2) is 0 Å². The number of halogens is 4. The van der Waals surface area contributed by atoms with Crippen LogP contribution in [0, 0.1) is 6.92 Å². The van der Waals surface area contributed by atoms with E-state index in [-0.39, 0.29) is 0 Å². The summed E-state index contributed by atoms with van der Waals surface area (Å²) >= 11 is 23.0. The predicted octanol–water partition coefficient (Wildman–Crippen LogP) is 4.48. The molecule has 0 aliphatic carbocycles. The molecule has 0 unspecified atom stereocenters. The summed E-state index contributed by atoms with van der Waals surface area (Å²) in [5.74, 6) is 0. The van der Waals surface area contributed by atoms with Crippen molar-refractivity contribution in [2.45, 2.75) is 10.7 Å². The topological polar surface area (TPSA) is 0 Å². The lowest BCUT2D eigenvalue weighted by Gasteiger charge is -2.13. The van der Waals surface area contributed by atoms with Crippen molar-refractivity contribution in [1.29, 1.82) is 0 Å². The van der Waals surface area contributed by atoms with Crippen LogP contribution in [0.5, 0.6) is 0 Å². The summed E-state index contributed by atoms with van der Waals surface area (Å²) in [6, 6.07) is 5.36. The zero-order valence-corrected chi connectivity index (χ0v) is 9.27. The van der Waals surface area contributed by atoms with Crippen LogP contribution in [0.25, 0.3) is 0 Å². The molecule has 0 saturated carbocycles. The van der Waals surface area contributed by atoms with Gasteiger partial charge in [-0.25, -0.2) is 0 Å². The molecule has 0 radical (unpaired) electrons. The lowest BCUT2D eigenvalue weighted by Crippen LogP contribution is -2.01. The van der Waals surface area contributed by atoms with Crippen LogP contribution in [0.15, 0.2) is 18.2 Å². The zero-order chi connectivity index (χ0) is 9.35. The van der Waals surface area contributed by atoms with Crippen molar-refractivity contribution in [2.75, 3.05) is 0 Å². The molecule has 1 rings (SSSR count). The van der Waals surface area contributed by atoms with Crippen LogP contribution >= 0.6 is 46.4 Å². The average Bonchev–Trinajstić information content (AvgIpc) is 1.92. The molecule has 0 bridgehead atoms. The Morgan fingerprint density at radius 1 is 1.17 bits per heavy atom. The second-order valence-corrected chi connectivity index (χ2v) is 5.09. The SMILES string of the molecule is Cc1cccc(C(Cl)(Cl)Cl)c1Cl. The molecule has 12 heavy (non-hydrogen) atoms. The first-order valence-electron chi connectivity index (χ1n) is 3.25. The minimum Gasteiger partial charge on any atom is -0.0836 e. The molecular formula is C8H6Cl4. The summed E-state index contributed by atoms with van der Waals surface area (Å²) in [4.78, 5) is 0. The first-order valence-corrected chi connectivity index (χ1v) is 4.76. The van der Waals surface area contributed by atoms with E-state index in [2.05, 4.69) is 0 Å². The molecule has 0 N–H and O–H groups in total. The molecule has 0 aliphatic rings. The molecular weight excluding hydrogens is 238 g/mol. The van der Waals surface area contributed by atoms with Crippen LogP contribution < -0.4 is 0 Å². The summed E-state index contributed by atoms with van der Waals surface area (Å²) in [7, 11) is 0. The number of benzene rings is 1. The Bertz CT molecular complexity index is 288. The fourth-order valence-corrected chi connectivity index (χ4v) is 1.75. The number of hydrogen-bond acceptors (Lipinski definition) is 0. The molecule has 0 saturated heterocycles. The van der Waals surface area contributed by atoms with Crippen molar-refractivity contribution in [1.82, 2.24) is 0 Å². The van der Waals surface area contributed by atoms with E-state index in [1.165, 1.54) is 0 Å². The first-order chi connectivity index (χ1) is 5.43. The molecule has 0 aromatic heterocycles. The van der Waals surface area contributed by atoms with Crippen molar-refractivity contribution in [3.63, 3.8) is 0 Å². The molecule has 0 fully saturated rings. The van der Waals surface area contributed by atoms with E-state index in [9.17, 15) is 0 Å². The average molecular weight is 244 g/mol. The van der Waals surface area contributed by atoms with Gasteiger partial charge in [-0.3, -0.25) is 0 Å². The van der Waals surface area contributed by atoms with Gasteiger partial charge in [0.1, 0.15) is 0 Å². The van der Waals surface area contributed by atoms with Gasteiger partial charge in [-0.15, -0.1) is 0 Å². The summed E-state index contributed by atoms with van der Waals surface area (Å²) in [6.45, 7) is 1.86. The van der Waals surface area contributed by atoms with E-state index in [0.717, 1.165) is 5.56 Å². The standard InChI is InChI=1S/C8H6Cl4/c1-5-3-2-4-6(7(5)9)8(10,11)12/h2-4H,1H3. The highest BCUT2D eigenvalue weighted by atomic mass is 35.6. The number of alkyl halides is 3. The summed E-state index contributed by atoms with van der Waals surface area (Å²) in [6.07, 6.45) is 0. The summed E-state index contributed by atoms with van der Waals surface area (Å²) in [5.41, 5.74) is 1.43. The first kappa shape index (κ1) is 10.5. The Morgan fingerprint density at radius 2 is 1.75 bits per heavy atom. The molecule has 0 heterocycles. The van der Waals surface area contributed by atoms with E-state index in [0.29, 0.717) is 10.6 Å². The second-order valence-electron chi connectivity index (χ2n) is 2.43. The number of hydrogen-bond donors (Lipinski definition) is 0. The van der Waals surface area contributed by atoms with Gasteiger partial charge in [-0.1, -0.05) is 64.6 Å². The zero-order valence-electron chi connectivity index (χ0n) is 6.24. The predicted molar refractivity (Wildman–Crippen MR) is 55.4 cm³/mol. The molecule has 0 spiro atoms. The Balaban J connectivity index is 3.26. The van der Waals surface area contributed by atoms with Gasteiger partial charge in [0.15, 0.2) is 0 Å². The van der Waals surface area contributed by atoms with Crippen LogP contribution in [0.3, 0.4) is 0 Å². The Kier molecular flexibility index (Phi) is 3.16. The Morgan fingerprint density at radius 3 is 2.17 bits per heavy atom. The molecule has 0 amide bonds. The minimum absolute atomic E-state index is 0.512. The summed E-state index contributed by atoms with van der Waals surface area (Å²) in [5, 5.41) is 0.512. The van der Waals surface area contributed by atoms with E-state index in [1.807, 2.05) is 13.0 Å². The van der Waals surface area contributed by atoms with Crippen molar-refractivity contribution < 1.29 is 0 Å². The van der Waals surface area contributed by atoms with Gasteiger partial charge in [0.25, 0.3) is 0 Å². The lowest BCUT2D eigenvalue weighted by molar-refractivity contribution is 1.22. The normalized spacial score (nSPS) is 11.8. The van der Waals surface area contributed by atoms with Crippen LogP contribution in [0.4, 0.5) is 0 Å². The van der Waals surface area contributed by atoms with Gasteiger partial charge in [-0.05, 0) is 12.5 Å². The van der Waals surface area contributed by atoms with Crippen molar-refractivity contribution in [2.24, 2.45) is 0 Å². The maximum atomic E-state index is 5.92. The second kappa shape index (κ2) is 3.63. The monoisotopic (exact) mass is 242 g/mol. The van der Waals surface area contributed by atoms with Crippen LogP contribution in [0.2, 0.25) is 5.02 Å². The van der Waals surface area contributed by atoms with Gasteiger partial charge >= 0.3 is 0 Å². The molecule has 4 heteroatoms. The number of aryl methyl sites for hydroxylation is 1. The largest absolute Gasteiger partial charge is 0.217 e. The van der Waals surface area contributed by atoms with E-state index < -0.39 is 3.79 Å². The van der Waals surface area contributed by atoms with E-state index in [1.54, 1.807) is 12.1 Å². The highest BCUT2D eigenvalue weighted by Crippen LogP contribution is 2.42. The maximum absolute atomic E-state index is 5.92. The van der Waals surface area contributed by atoms with Crippen molar-refractivity contribution in [3.8, 4) is 0 Å². The smallest absolute Gasteiger partial charge is 0.0836 e. The third-order valence-corrected chi connectivity index (χ3v) is 2.61. The lowest BCUT2D eigenvalue weighted by atomic mass is 10.1. The fraction of sp³-hybridized carbons (Fsp3) is 0.250. The Labute approximate surface area is 91.4 Å². The summed E-state index contributed by atoms with van der Waals surface area (Å²) < 4.78 is -1.44. The third kappa shape index (κ3) is 2.20. The maximum Gasteiger partial charge on any atom is 0.217 e. The van der Waals surface area contributed by atoms with Gasteiger partial charge in [0, 0.05) is 5.56 Å². The quantitative estimate of drug-likeness (QED) is 0.590. The number of rotatable bonds is 0. The van der Waals surface area contributed by atoms with Crippen LogP contribution in [0.1, 0.15) is 11.1 Å². The van der Waals surface area contributed by atoms with Crippen molar-refractivity contribution >= 4 is 46.4 Å². The van der Waals surface area contributed by atoms with Crippen molar-refractivity contribution in [3.05, 3.63) is 34.3 Å². The highest BCUT2D eigenvalue weighted by Gasteiger charge is 2.25. The third-order valence-electron chi connectivity index (χ3n) is 1.50. The molecule has 0 atom stereocenters. The van der Waals surface area contributed by atoms with Gasteiger partial charge in [0.2, 0.25) is 3.79 Å². The van der Waals surface area contributed by atoms with Crippen LogP contribution in [-0.2, 0) is 3.79 Å².